The number of aliphatic hydroxyl groups is 1. The maximum atomic E-state index is 12.3. The van der Waals surface area contributed by atoms with Crippen LogP contribution in [0, 0.1) is 5.92 Å². The molecule has 2 rings (SSSR count). The van der Waals surface area contributed by atoms with E-state index in [-0.39, 0.29) is 17.4 Å². The number of aliphatic hydroxyl groups excluding tert-OH is 1. The standard InChI is InChI=1S/C11H17NO4S2/c1-16-7-9-2-3-12(5-9)18(14,15)11-4-10(6-13)17-8-11/h4,8-9,13H,2-3,5-7H2,1H3. The summed E-state index contributed by atoms with van der Waals surface area (Å²) in [6.07, 6.45) is 0.837. The zero-order valence-corrected chi connectivity index (χ0v) is 11.8. The van der Waals surface area contributed by atoms with E-state index in [0.717, 1.165) is 6.42 Å². The van der Waals surface area contributed by atoms with Crippen molar-refractivity contribution in [2.75, 3.05) is 26.8 Å². The van der Waals surface area contributed by atoms with Gasteiger partial charge in [0.1, 0.15) is 0 Å². The van der Waals surface area contributed by atoms with Crippen molar-refractivity contribution in [3.05, 3.63) is 16.3 Å². The Labute approximate surface area is 111 Å². The van der Waals surface area contributed by atoms with Gasteiger partial charge in [-0.1, -0.05) is 0 Å². The van der Waals surface area contributed by atoms with Gasteiger partial charge >= 0.3 is 0 Å². The fourth-order valence-corrected chi connectivity index (χ4v) is 4.77. The molecule has 0 bridgehead atoms. The summed E-state index contributed by atoms with van der Waals surface area (Å²) in [6, 6.07) is 1.55. The number of thiophene rings is 1. The molecule has 1 saturated heterocycles. The fourth-order valence-electron chi connectivity index (χ4n) is 2.11. The Morgan fingerprint density at radius 2 is 2.39 bits per heavy atom. The summed E-state index contributed by atoms with van der Waals surface area (Å²) >= 11 is 1.27. The molecule has 0 amide bonds. The average molecular weight is 291 g/mol. The summed E-state index contributed by atoms with van der Waals surface area (Å²) in [5.74, 6) is 0.278. The summed E-state index contributed by atoms with van der Waals surface area (Å²) in [7, 11) is -1.77. The second-order valence-corrected chi connectivity index (χ2v) is 7.31. The van der Waals surface area contributed by atoms with Gasteiger partial charge in [-0.3, -0.25) is 0 Å². The van der Waals surface area contributed by atoms with E-state index in [9.17, 15) is 8.42 Å². The predicted octanol–water partition coefficient (Wildman–Crippen LogP) is 0.897. The summed E-state index contributed by atoms with van der Waals surface area (Å²) in [5, 5.41) is 10.6. The summed E-state index contributed by atoms with van der Waals surface area (Å²) in [6.45, 7) is 1.53. The number of methoxy groups -OCH3 is 1. The van der Waals surface area contributed by atoms with Crippen LogP contribution in [0.4, 0.5) is 0 Å². The molecule has 0 aliphatic carbocycles. The largest absolute Gasteiger partial charge is 0.391 e. The number of rotatable bonds is 5. The first-order chi connectivity index (χ1) is 8.57. The first kappa shape index (κ1) is 14.0. The Morgan fingerprint density at radius 1 is 1.61 bits per heavy atom. The normalized spacial score (nSPS) is 21.6. The van der Waals surface area contributed by atoms with Crippen LogP contribution in [0.3, 0.4) is 0 Å². The third-order valence-electron chi connectivity index (χ3n) is 3.07. The first-order valence-electron chi connectivity index (χ1n) is 5.75. The van der Waals surface area contributed by atoms with Gasteiger partial charge in [-0.15, -0.1) is 11.3 Å². The van der Waals surface area contributed by atoms with Crippen molar-refractivity contribution in [1.29, 1.82) is 0 Å². The minimum atomic E-state index is -3.40. The molecular weight excluding hydrogens is 274 g/mol. The molecular formula is C11H17NO4S2. The van der Waals surface area contributed by atoms with E-state index in [1.165, 1.54) is 15.6 Å². The second kappa shape index (κ2) is 5.66. The summed E-state index contributed by atoms with van der Waals surface area (Å²) in [5.41, 5.74) is 0. The maximum absolute atomic E-state index is 12.3. The van der Waals surface area contributed by atoms with Gasteiger partial charge in [0.25, 0.3) is 0 Å². The third-order valence-corrected chi connectivity index (χ3v) is 5.99. The van der Waals surface area contributed by atoms with Gasteiger partial charge < -0.3 is 9.84 Å². The summed E-state index contributed by atoms with van der Waals surface area (Å²) in [4.78, 5) is 0.954. The van der Waals surface area contributed by atoms with Crippen LogP contribution in [-0.2, 0) is 21.4 Å². The molecule has 5 nitrogen and oxygen atoms in total. The molecule has 0 saturated carbocycles. The van der Waals surface area contributed by atoms with Crippen molar-refractivity contribution in [3.8, 4) is 0 Å². The van der Waals surface area contributed by atoms with Crippen LogP contribution in [0.15, 0.2) is 16.3 Å². The highest BCUT2D eigenvalue weighted by Crippen LogP contribution is 2.27. The van der Waals surface area contributed by atoms with E-state index in [4.69, 9.17) is 9.84 Å². The molecule has 1 atom stereocenters. The molecule has 2 heterocycles. The van der Waals surface area contributed by atoms with Crippen molar-refractivity contribution < 1.29 is 18.3 Å². The molecule has 1 aromatic heterocycles. The van der Waals surface area contributed by atoms with Crippen LogP contribution < -0.4 is 0 Å². The van der Waals surface area contributed by atoms with Crippen molar-refractivity contribution in [2.24, 2.45) is 5.92 Å². The minimum absolute atomic E-state index is 0.119. The predicted molar refractivity (Wildman–Crippen MR) is 69.0 cm³/mol. The molecule has 0 spiro atoms. The zero-order valence-electron chi connectivity index (χ0n) is 10.2. The van der Waals surface area contributed by atoms with Crippen molar-refractivity contribution >= 4 is 21.4 Å². The van der Waals surface area contributed by atoms with Gasteiger partial charge in [0.2, 0.25) is 10.0 Å². The monoisotopic (exact) mass is 291 g/mol. The van der Waals surface area contributed by atoms with Crippen molar-refractivity contribution in [2.45, 2.75) is 17.9 Å². The molecule has 1 aliphatic heterocycles. The molecule has 0 aromatic carbocycles. The molecule has 18 heavy (non-hydrogen) atoms. The maximum Gasteiger partial charge on any atom is 0.243 e. The average Bonchev–Trinajstić information content (AvgIpc) is 2.98. The van der Waals surface area contributed by atoms with Gasteiger partial charge in [-0.2, -0.15) is 4.31 Å². The quantitative estimate of drug-likeness (QED) is 0.875. The Morgan fingerprint density at radius 3 is 3.00 bits per heavy atom. The summed E-state index contributed by atoms with van der Waals surface area (Å²) < 4.78 is 31.2. The van der Waals surface area contributed by atoms with E-state index in [1.54, 1.807) is 18.6 Å². The van der Waals surface area contributed by atoms with Crippen LogP contribution in [-0.4, -0.2) is 44.6 Å². The molecule has 1 unspecified atom stereocenters. The van der Waals surface area contributed by atoms with Gasteiger partial charge in [-0.05, 0) is 18.4 Å². The Balaban J connectivity index is 2.12. The van der Waals surface area contributed by atoms with Crippen LogP contribution in [0.5, 0.6) is 0 Å². The topological polar surface area (TPSA) is 66.8 Å². The van der Waals surface area contributed by atoms with E-state index in [0.29, 0.717) is 24.6 Å². The molecule has 1 fully saturated rings. The number of sulfonamides is 1. The van der Waals surface area contributed by atoms with Gasteiger partial charge in [-0.25, -0.2) is 8.42 Å². The SMILES string of the molecule is COCC1CCN(S(=O)(=O)c2csc(CO)c2)C1. The van der Waals surface area contributed by atoms with Crippen molar-refractivity contribution in [1.82, 2.24) is 4.31 Å². The highest BCUT2D eigenvalue weighted by atomic mass is 32.2. The van der Waals surface area contributed by atoms with Crippen LogP contribution in [0.25, 0.3) is 0 Å². The van der Waals surface area contributed by atoms with Crippen LogP contribution in [0.1, 0.15) is 11.3 Å². The zero-order chi connectivity index (χ0) is 13.2. The lowest BCUT2D eigenvalue weighted by Gasteiger charge is -2.15. The van der Waals surface area contributed by atoms with Crippen LogP contribution >= 0.6 is 11.3 Å². The van der Waals surface area contributed by atoms with E-state index < -0.39 is 10.0 Å². The van der Waals surface area contributed by atoms with Gasteiger partial charge in [0.15, 0.2) is 0 Å². The smallest absolute Gasteiger partial charge is 0.243 e. The Hall–Kier alpha value is -0.470. The van der Waals surface area contributed by atoms with Gasteiger partial charge in [0, 0.05) is 30.5 Å². The number of ether oxygens (including phenoxy) is 1. The van der Waals surface area contributed by atoms with E-state index >= 15 is 0 Å². The number of hydrogen-bond acceptors (Lipinski definition) is 5. The lowest BCUT2D eigenvalue weighted by molar-refractivity contribution is 0.157. The highest BCUT2D eigenvalue weighted by molar-refractivity contribution is 7.89. The Kier molecular flexibility index (Phi) is 4.39. The Bertz CT molecular complexity index is 497. The molecule has 1 aromatic rings. The molecule has 102 valence electrons. The fraction of sp³-hybridized carbons (Fsp3) is 0.636. The lowest BCUT2D eigenvalue weighted by Crippen LogP contribution is -2.29. The second-order valence-electron chi connectivity index (χ2n) is 4.38. The first-order valence-corrected chi connectivity index (χ1v) is 8.07. The number of nitrogens with zero attached hydrogens (tertiary/aromatic N) is 1. The molecule has 1 aliphatic rings. The highest BCUT2D eigenvalue weighted by Gasteiger charge is 2.32. The van der Waals surface area contributed by atoms with Crippen LogP contribution in [0.2, 0.25) is 0 Å². The van der Waals surface area contributed by atoms with E-state index in [2.05, 4.69) is 0 Å². The molecule has 1 N–H and O–H groups in total. The molecule has 0 radical (unpaired) electrons. The minimum Gasteiger partial charge on any atom is -0.391 e. The van der Waals surface area contributed by atoms with E-state index in [1.807, 2.05) is 0 Å². The number of hydrogen-bond donors (Lipinski definition) is 1. The lowest BCUT2D eigenvalue weighted by atomic mass is 10.1. The third kappa shape index (κ3) is 2.75. The van der Waals surface area contributed by atoms with Gasteiger partial charge in [0.05, 0.1) is 18.1 Å². The molecule has 7 heteroatoms. The van der Waals surface area contributed by atoms with Crippen molar-refractivity contribution in [3.63, 3.8) is 0 Å².